The monoisotopic (exact) mass is 477 g/mol. The third kappa shape index (κ3) is 4.86. The lowest BCUT2D eigenvalue weighted by atomic mass is 10.1. The second kappa shape index (κ2) is 8.76. The summed E-state index contributed by atoms with van der Waals surface area (Å²) in [6.45, 7) is 6.69. The molecule has 1 amide bonds. The zero-order valence-corrected chi connectivity index (χ0v) is 19.9. The lowest BCUT2D eigenvalue weighted by Crippen LogP contribution is -2.49. The van der Waals surface area contributed by atoms with Crippen LogP contribution in [-0.4, -0.2) is 56.1 Å². The summed E-state index contributed by atoms with van der Waals surface area (Å²) in [6, 6.07) is 10.3. The van der Waals surface area contributed by atoms with Gasteiger partial charge in [-0.25, -0.2) is 13.4 Å². The van der Waals surface area contributed by atoms with Crippen LogP contribution in [0.3, 0.4) is 0 Å². The number of aryl methyl sites for hydroxylation is 2. The number of anilines is 1. The zero-order valence-electron chi connectivity index (χ0n) is 17.5. The van der Waals surface area contributed by atoms with Crippen molar-refractivity contribution in [3.05, 3.63) is 52.5 Å². The predicted molar refractivity (Wildman–Crippen MR) is 126 cm³/mol. The molecule has 0 saturated carbocycles. The molecule has 3 aromatic rings. The maximum atomic E-state index is 12.6. The Morgan fingerprint density at radius 1 is 1.06 bits per heavy atom. The number of carbonyl (C=O) groups excluding carboxylic acids is 1. The number of halogens is 1. The number of aromatic nitrogens is 1. The number of nitrogens with zero attached hydrogens (tertiary/aromatic N) is 3. The highest BCUT2D eigenvalue weighted by atomic mass is 35.5. The van der Waals surface area contributed by atoms with Gasteiger partial charge in [0, 0.05) is 37.6 Å². The molecule has 1 aromatic heterocycles. The van der Waals surface area contributed by atoms with Gasteiger partial charge in [-0.15, -0.1) is 0 Å². The average molecular weight is 478 g/mol. The Bertz CT molecular complexity index is 1180. The maximum absolute atomic E-state index is 12.6. The van der Waals surface area contributed by atoms with Crippen molar-refractivity contribution < 1.29 is 13.2 Å². The molecule has 1 fully saturated rings. The second-order valence-corrected chi connectivity index (χ2v) is 11.3. The van der Waals surface area contributed by atoms with Crippen molar-refractivity contribution in [3.8, 4) is 0 Å². The lowest BCUT2D eigenvalue weighted by molar-refractivity contribution is -0.131. The summed E-state index contributed by atoms with van der Waals surface area (Å²) in [6.07, 6.45) is -0.0232. The molecule has 0 spiro atoms. The van der Waals surface area contributed by atoms with Gasteiger partial charge in [-0.1, -0.05) is 22.9 Å². The molecule has 4 rings (SSSR count). The molecule has 1 aliphatic heterocycles. The van der Waals surface area contributed by atoms with E-state index in [2.05, 4.69) is 30.9 Å². The molecule has 0 atom stereocenters. The number of carbonyl (C=O) groups is 1. The molecule has 9 heteroatoms. The molecular weight excluding hydrogens is 454 g/mol. The van der Waals surface area contributed by atoms with Crippen LogP contribution in [0, 0.1) is 13.8 Å². The summed E-state index contributed by atoms with van der Waals surface area (Å²) < 4.78 is 26.1. The van der Waals surface area contributed by atoms with Crippen molar-refractivity contribution in [1.29, 1.82) is 0 Å². The Hall–Kier alpha value is -2.16. The van der Waals surface area contributed by atoms with Crippen molar-refractivity contribution in [2.75, 3.05) is 36.8 Å². The van der Waals surface area contributed by atoms with Crippen molar-refractivity contribution >= 4 is 54.0 Å². The summed E-state index contributed by atoms with van der Waals surface area (Å²) in [5, 5.41) is 1.45. The average Bonchev–Trinajstić information content (AvgIpc) is 3.15. The number of hydrogen-bond acceptors (Lipinski definition) is 6. The molecule has 2 aromatic carbocycles. The van der Waals surface area contributed by atoms with E-state index < -0.39 is 9.84 Å². The molecule has 0 N–H and O–H groups in total. The van der Waals surface area contributed by atoms with Gasteiger partial charge in [-0.2, -0.15) is 0 Å². The van der Waals surface area contributed by atoms with Crippen LogP contribution in [-0.2, 0) is 14.6 Å². The molecule has 6 nitrogen and oxygen atoms in total. The smallest absolute Gasteiger partial charge is 0.223 e. The molecule has 1 saturated heterocycles. The SMILES string of the molecule is Cc1cc2nc(N3CCN(C(=O)CCS(=O)(=O)c4ccc(Cl)cc4)CC3)sc2cc1C. The lowest BCUT2D eigenvalue weighted by Gasteiger charge is -2.34. The van der Waals surface area contributed by atoms with Gasteiger partial charge in [-0.05, 0) is 61.4 Å². The van der Waals surface area contributed by atoms with E-state index in [4.69, 9.17) is 16.6 Å². The second-order valence-electron chi connectivity index (χ2n) is 7.79. The van der Waals surface area contributed by atoms with Crippen LogP contribution in [0.5, 0.6) is 0 Å². The largest absolute Gasteiger partial charge is 0.345 e. The first-order valence-corrected chi connectivity index (χ1v) is 13.0. The van der Waals surface area contributed by atoms with Gasteiger partial charge in [0.05, 0.1) is 20.9 Å². The molecule has 0 radical (unpaired) electrons. The molecule has 2 heterocycles. The molecule has 0 unspecified atom stereocenters. The highest BCUT2D eigenvalue weighted by Gasteiger charge is 2.25. The minimum absolute atomic E-state index is 0.0232. The summed E-state index contributed by atoms with van der Waals surface area (Å²) >= 11 is 7.49. The first-order valence-electron chi connectivity index (χ1n) is 10.1. The fourth-order valence-electron chi connectivity index (χ4n) is 3.59. The maximum Gasteiger partial charge on any atom is 0.223 e. The Labute approximate surface area is 191 Å². The van der Waals surface area contributed by atoms with E-state index >= 15 is 0 Å². The summed E-state index contributed by atoms with van der Waals surface area (Å²) in [4.78, 5) is 21.5. The predicted octanol–water partition coefficient (Wildman–Crippen LogP) is 4.08. The van der Waals surface area contributed by atoms with E-state index in [0.29, 0.717) is 31.2 Å². The third-order valence-electron chi connectivity index (χ3n) is 5.65. The number of sulfone groups is 1. The van der Waals surface area contributed by atoms with Crippen LogP contribution in [0.1, 0.15) is 17.5 Å². The number of fused-ring (bicyclic) bond motifs is 1. The first-order chi connectivity index (χ1) is 14.7. The summed E-state index contributed by atoms with van der Waals surface area (Å²) in [7, 11) is -3.51. The van der Waals surface area contributed by atoms with Crippen molar-refractivity contribution in [2.45, 2.75) is 25.2 Å². The summed E-state index contributed by atoms with van der Waals surface area (Å²) in [5.74, 6) is -0.336. The van der Waals surface area contributed by atoms with Crippen LogP contribution in [0.2, 0.25) is 5.02 Å². The van der Waals surface area contributed by atoms with Crippen LogP contribution in [0.4, 0.5) is 5.13 Å². The fraction of sp³-hybridized carbons (Fsp3) is 0.364. The van der Waals surface area contributed by atoms with Crippen LogP contribution in [0.15, 0.2) is 41.3 Å². The molecular formula is C22H24ClN3O3S2. The number of thiazole rings is 1. The number of benzene rings is 2. The molecule has 0 bridgehead atoms. The third-order valence-corrected chi connectivity index (χ3v) is 8.72. The summed E-state index contributed by atoms with van der Waals surface area (Å²) in [5.41, 5.74) is 3.49. The Morgan fingerprint density at radius 3 is 2.39 bits per heavy atom. The van der Waals surface area contributed by atoms with E-state index in [9.17, 15) is 13.2 Å². The Morgan fingerprint density at radius 2 is 1.71 bits per heavy atom. The Kier molecular flexibility index (Phi) is 6.23. The van der Waals surface area contributed by atoms with E-state index in [-0.39, 0.29) is 23.0 Å². The standard InChI is InChI=1S/C22H24ClN3O3S2/c1-15-13-19-20(14-16(15)2)30-22(24-19)26-10-8-25(9-11-26)21(27)7-12-31(28,29)18-5-3-17(23)4-6-18/h3-6,13-14H,7-12H2,1-2H3. The van der Waals surface area contributed by atoms with Crippen LogP contribution >= 0.6 is 22.9 Å². The van der Waals surface area contributed by atoms with Crippen molar-refractivity contribution in [1.82, 2.24) is 9.88 Å². The highest BCUT2D eigenvalue weighted by Crippen LogP contribution is 2.31. The number of piperazine rings is 1. The van der Waals surface area contributed by atoms with E-state index in [1.807, 2.05) is 0 Å². The Balaban J connectivity index is 1.34. The van der Waals surface area contributed by atoms with Gasteiger partial charge in [0.2, 0.25) is 5.91 Å². The number of hydrogen-bond donors (Lipinski definition) is 0. The van der Waals surface area contributed by atoms with Gasteiger partial charge in [-0.3, -0.25) is 4.79 Å². The fourth-order valence-corrected chi connectivity index (χ4v) is 6.04. The van der Waals surface area contributed by atoms with E-state index in [1.54, 1.807) is 28.4 Å². The van der Waals surface area contributed by atoms with E-state index in [1.165, 1.54) is 28.0 Å². The number of amides is 1. The van der Waals surface area contributed by atoms with Crippen LogP contribution < -0.4 is 4.90 Å². The van der Waals surface area contributed by atoms with Gasteiger partial charge in [0.25, 0.3) is 0 Å². The topological polar surface area (TPSA) is 70.6 Å². The molecule has 164 valence electrons. The minimum atomic E-state index is -3.51. The van der Waals surface area contributed by atoms with Gasteiger partial charge in [0.1, 0.15) is 0 Å². The highest BCUT2D eigenvalue weighted by molar-refractivity contribution is 7.91. The van der Waals surface area contributed by atoms with Gasteiger partial charge >= 0.3 is 0 Å². The zero-order chi connectivity index (χ0) is 22.2. The minimum Gasteiger partial charge on any atom is -0.345 e. The van der Waals surface area contributed by atoms with Crippen molar-refractivity contribution in [2.24, 2.45) is 0 Å². The molecule has 0 aliphatic carbocycles. The number of rotatable bonds is 5. The van der Waals surface area contributed by atoms with Crippen molar-refractivity contribution in [3.63, 3.8) is 0 Å². The molecule has 1 aliphatic rings. The van der Waals surface area contributed by atoms with Gasteiger partial charge < -0.3 is 9.80 Å². The quantitative estimate of drug-likeness (QED) is 0.553. The first kappa shape index (κ1) is 22.0. The van der Waals surface area contributed by atoms with Gasteiger partial charge in [0.15, 0.2) is 15.0 Å². The normalized spacial score (nSPS) is 14.9. The van der Waals surface area contributed by atoms with Crippen LogP contribution in [0.25, 0.3) is 10.2 Å². The molecule has 31 heavy (non-hydrogen) atoms. The van der Waals surface area contributed by atoms with E-state index in [0.717, 1.165) is 10.6 Å².